The quantitative estimate of drug-likeness (QED) is 0.825. The number of hydrogen-bond acceptors (Lipinski definition) is 5. The lowest BCUT2D eigenvalue weighted by atomic mass is 10.3. The van der Waals surface area contributed by atoms with E-state index in [1.54, 1.807) is 11.8 Å². The van der Waals surface area contributed by atoms with Crippen molar-refractivity contribution in [2.75, 3.05) is 12.0 Å². The molecule has 1 heterocycles. The van der Waals surface area contributed by atoms with E-state index in [0.29, 0.717) is 11.1 Å². The van der Waals surface area contributed by atoms with Crippen LogP contribution in [0.1, 0.15) is 24.6 Å². The minimum atomic E-state index is -0.847. The van der Waals surface area contributed by atoms with Gasteiger partial charge in [-0.25, -0.2) is 0 Å². The van der Waals surface area contributed by atoms with Gasteiger partial charge in [0, 0.05) is 10.8 Å². The van der Waals surface area contributed by atoms with Crippen molar-refractivity contribution in [1.82, 2.24) is 14.8 Å². The van der Waals surface area contributed by atoms with Crippen LogP contribution in [-0.2, 0) is 4.79 Å². The predicted molar refractivity (Wildman–Crippen MR) is 83.5 cm³/mol. The van der Waals surface area contributed by atoms with Crippen molar-refractivity contribution in [2.24, 2.45) is 0 Å². The van der Waals surface area contributed by atoms with Crippen LogP contribution in [0, 0.1) is 0 Å². The van der Waals surface area contributed by atoms with Gasteiger partial charge in [-0.1, -0.05) is 23.9 Å². The van der Waals surface area contributed by atoms with Crippen LogP contribution in [0.5, 0.6) is 0 Å². The lowest BCUT2D eigenvalue weighted by molar-refractivity contribution is -0.133. The van der Waals surface area contributed by atoms with Gasteiger partial charge in [0.2, 0.25) is 0 Å². The first kappa shape index (κ1) is 14.5. The molecule has 1 aliphatic carbocycles. The fraction of sp³-hybridized carbons (Fsp3) is 0.357. The molecule has 1 saturated carbocycles. The summed E-state index contributed by atoms with van der Waals surface area (Å²) in [6.45, 7) is 0. The van der Waals surface area contributed by atoms with Crippen LogP contribution in [0.25, 0.3) is 5.69 Å². The number of carboxylic acids is 1. The summed E-state index contributed by atoms with van der Waals surface area (Å²) in [6.07, 6.45) is 4.29. The van der Waals surface area contributed by atoms with Crippen LogP contribution in [0.2, 0.25) is 0 Å². The molecule has 0 saturated heterocycles. The summed E-state index contributed by atoms with van der Waals surface area (Å²) in [5.41, 5.74) is 1.03. The van der Waals surface area contributed by atoms with Crippen LogP contribution < -0.4 is 0 Å². The van der Waals surface area contributed by atoms with Crippen molar-refractivity contribution in [3.05, 3.63) is 30.1 Å². The molecule has 0 radical (unpaired) electrons. The summed E-state index contributed by atoms with van der Waals surface area (Å²) in [4.78, 5) is 11.9. The Bertz CT molecular complexity index is 668. The highest BCUT2D eigenvalue weighted by Gasteiger charge is 2.31. The molecule has 0 amide bonds. The number of benzene rings is 1. The Morgan fingerprint density at radius 1 is 1.38 bits per heavy atom. The number of hydrogen-bond donors (Lipinski definition) is 1. The third kappa shape index (κ3) is 3.08. The molecule has 0 aliphatic heterocycles. The van der Waals surface area contributed by atoms with Crippen molar-refractivity contribution in [1.29, 1.82) is 0 Å². The zero-order chi connectivity index (χ0) is 14.8. The highest BCUT2D eigenvalue weighted by atomic mass is 32.2. The zero-order valence-electron chi connectivity index (χ0n) is 11.5. The summed E-state index contributed by atoms with van der Waals surface area (Å²) in [5, 5.41) is 18.0. The molecule has 110 valence electrons. The first-order chi connectivity index (χ1) is 10.2. The van der Waals surface area contributed by atoms with Crippen LogP contribution in [0.15, 0.2) is 34.3 Å². The third-order valence-electron chi connectivity index (χ3n) is 3.25. The highest BCUT2D eigenvalue weighted by molar-refractivity contribution is 7.99. The molecule has 1 aliphatic rings. The summed E-state index contributed by atoms with van der Waals surface area (Å²) < 4.78 is 2.02. The van der Waals surface area contributed by atoms with Crippen LogP contribution in [0.4, 0.5) is 0 Å². The molecular weight excluding hydrogens is 306 g/mol. The Kier molecular flexibility index (Phi) is 4.21. The SMILES string of the molecule is CSc1ccccc1-n1c(SCC(=O)O)nnc1C1CC1. The van der Waals surface area contributed by atoms with Gasteiger partial charge in [0.1, 0.15) is 5.82 Å². The van der Waals surface area contributed by atoms with Crippen LogP contribution >= 0.6 is 23.5 Å². The smallest absolute Gasteiger partial charge is 0.313 e. The molecule has 0 unspecified atom stereocenters. The maximum atomic E-state index is 10.8. The van der Waals surface area contributed by atoms with Gasteiger partial charge in [-0.05, 0) is 31.2 Å². The maximum Gasteiger partial charge on any atom is 0.313 e. The fourth-order valence-corrected chi connectivity index (χ4v) is 3.40. The molecule has 5 nitrogen and oxygen atoms in total. The topological polar surface area (TPSA) is 68.0 Å². The Morgan fingerprint density at radius 2 is 2.14 bits per heavy atom. The Balaban J connectivity index is 2.05. The number of thioether (sulfide) groups is 2. The van der Waals surface area contributed by atoms with Gasteiger partial charge >= 0.3 is 5.97 Å². The standard InChI is InChI=1S/C14H15N3O2S2/c1-20-11-5-3-2-4-10(11)17-13(9-6-7-9)15-16-14(17)21-8-12(18)19/h2-5,9H,6-8H2,1H3,(H,18,19). The molecule has 1 aromatic heterocycles. The molecule has 3 rings (SSSR count). The largest absolute Gasteiger partial charge is 0.481 e. The van der Waals surface area contributed by atoms with Gasteiger partial charge in [-0.15, -0.1) is 22.0 Å². The van der Waals surface area contributed by atoms with E-state index in [0.717, 1.165) is 29.2 Å². The van der Waals surface area contributed by atoms with Crippen molar-refractivity contribution < 1.29 is 9.90 Å². The van der Waals surface area contributed by atoms with Crippen molar-refractivity contribution >= 4 is 29.5 Å². The minimum absolute atomic E-state index is 0.00969. The van der Waals surface area contributed by atoms with E-state index in [-0.39, 0.29) is 5.75 Å². The number of rotatable bonds is 6. The average molecular weight is 321 g/mol. The molecule has 1 N–H and O–H groups in total. The Labute approximate surface area is 131 Å². The van der Waals surface area contributed by atoms with Crippen molar-refractivity contribution in [3.63, 3.8) is 0 Å². The highest BCUT2D eigenvalue weighted by Crippen LogP contribution is 2.42. The van der Waals surface area contributed by atoms with Gasteiger partial charge in [0.15, 0.2) is 5.16 Å². The molecule has 0 atom stereocenters. The number of nitrogens with zero attached hydrogens (tertiary/aromatic N) is 3. The van der Waals surface area contributed by atoms with E-state index >= 15 is 0 Å². The van der Waals surface area contributed by atoms with Crippen LogP contribution in [0.3, 0.4) is 0 Å². The van der Waals surface area contributed by atoms with E-state index in [1.807, 2.05) is 29.0 Å². The molecule has 1 aromatic carbocycles. The minimum Gasteiger partial charge on any atom is -0.481 e. The fourth-order valence-electron chi connectivity index (χ4n) is 2.15. The van der Waals surface area contributed by atoms with E-state index in [1.165, 1.54) is 11.8 Å². The van der Waals surface area contributed by atoms with Gasteiger partial charge in [-0.2, -0.15) is 0 Å². The lowest BCUT2D eigenvalue weighted by Crippen LogP contribution is -2.05. The first-order valence-corrected chi connectivity index (χ1v) is 8.85. The molecule has 7 heteroatoms. The Hall–Kier alpha value is -1.47. The summed E-state index contributed by atoms with van der Waals surface area (Å²) in [7, 11) is 0. The van der Waals surface area contributed by atoms with E-state index in [4.69, 9.17) is 5.11 Å². The first-order valence-electron chi connectivity index (χ1n) is 6.64. The molecule has 21 heavy (non-hydrogen) atoms. The second-order valence-electron chi connectivity index (χ2n) is 4.80. The lowest BCUT2D eigenvalue weighted by Gasteiger charge is -2.12. The van der Waals surface area contributed by atoms with Gasteiger partial charge < -0.3 is 5.11 Å². The molecular formula is C14H15N3O2S2. The summed E-state index contributed by atoms with van der Waals surface area (Å²) >= 11 is 2.88. The van der Waals surface area contributed by atoms with Gasteiger partial charge in [0.25, 0.3) is 0 Å². The summed E-state index contributed by atoms with van der Waals surface area (Å²) in [5.74, 6) is 0.543. The monoisotopic (exact) mass is 321 g/mol. The number of aliphatic carboxylic acids is 1. The van der Waals surface area contributed by atoms with Gasteiger partial charge in [-0.3, -0.25) is 9.36 Å². The molecule has 0 bridgehead atoms. The maximum absolute atomic E-state index is 10.8. The summed E-state index contributed by atoms with van der Waals surface area (Å²) in [6, 6.07) is 8.08. The predicted octanol–water partition coefficient (Wildman–Crippen LogP) is 3.04. The van der Waals surface area contributed by atoms with Gasteiger partial charge in [0.05, 0.1) is 11.4 Å². The number of aromatic nitrogens is 3. The van der Waals surface area contributed by atoms with E-state index in [9.17, 15) is 4.79 Å². The van der Waals surface area contributed by atoms with E-state index in [2.05, 4.69) is 16.3 Å². The number of carbonyl (C=O) groups is 1. The van der Waals surface area contributed by atoms with Crippen molar-refractivity contribution in [2.45, 2.75) is 28.8 Å². The molecule has 0 spiro atoms. The Morgan fingerprint density at radius 3 is 2.81 bits per heavy atom. The number of carboxylic acid groups (broad SMARTS) is 1. The molecule has 2 aromatic rings. The second kappa shape index (κ2) is 6.11. The number of para-hydroxylation sites is 1. The average Bonchev–Trinajstić information content (AvgIpc) is 3.25. The van der Waals surface area contributed by atoms with E-state index < -0.39 is 5.97 Å². The van der Waals surface area contributed by atoms with Crippen molar-refractivity contribution in [3.8, 4) is 5.69 Å². The normalized spacial score (nSPS) is 14.3. The zero-order valence-corrected chi connectivity index (χ0v) is 13.2. The molecule has 1 fully saturated rings. The third-order valence-corrected chi connectivity index (χ3v) is 4.95. The second-order valence-corrected chi connectivity index (χ2v) is 6.60. The van der Waals surface area contributed by atoms with Crippen LogP contribution in [-0.4, -0.2) is 37.8 Å².